The van der Waals surface area contributed by atoms with Crippen LogP contribution in [-0.2, 0) is 10.0 Å². The number of nitrogens with two attached hydrogens (primary N) is 1. The van der Waals surface area contributed by atoms with Gasteiger partial charge in [0.25, 0.3) is 21.8 Å². The number of nitrogens with zero attached hydrogens (tertiary/aromatic N) is 1. The number of amides is 2. The third-order valence-corrected chi connectivity index (χ3v) is 7.05. The highest BCUT2D eigenvalue weighted by molar-refractivity contribution is 7.91. The largest absolute Gasteiger partial charge is 0.390 e. The normalized spacial score (nSPS) is 12.2. The Bertz CT molecular complexity index is 1040. The molecule has 0 bridgehead atoms. The van der Waals surface area contributed by atoms with Crippen LogP contribution in [0.15, 0.2) is 34.5 Å². The molecule has 2 aromatic rings. The molecule has 0 saturated heterocycles. The number of hydrogen-bond donors (Lipinski definition) is 2. The number of carbonyl (C=O) groups excluding carboxylic acids is 2. The molecule has 0 unspecified atom stereocenters. The van der Waals surface area contributed by atoms with Crippen LogP contribution in [-0.4, -0.2) is 44.3 Å². The van der Waals surface area contributed by atoms with E-state index in [9.17, 15) is 35.6 Å². The first-order chi connectivity index (χ1) is 13.3. The summed E-state index contributed by atoms with van der Waals surface area (Å²) in [6.07, 6.45) is -5.93. The number of carbonyl (C=O) groups is 2. The maximum Gasteiger partial charge on any atom is 0.390 e. The molecule has 2 amide bonds. The van der Waals surface area contributed by atoms with Crippen LogP contribution in [0.2, 0.25) is 0 Å². The van der Waals surface area contributed by atoms with Crippen molar-refractivity contribution in [3.63, 3.8) is 0 Å². The van der Waals surface area contributed by atoms with Crippen molar-refractivity contribution in [2.75, 3.05) is 18.9 Å². The molecule has 0 atom stereocenters. The second kappa shape index (κ2) is 8.47. The molecule has 29 heavy (non-hydrogen) atoms. The Morgan fingerprint density at radius 1 is 1.21 bits per heavy atom. The quantitative estimate of drug-likeness (QED) is 0.628. The van der Waals surface area contributed by atoms with E-state index in [1.807, 2.05) is 0 Å². The van der Waals surface area contributed by atoms with E-state index in [1.54, 1.807) is 0 Å². The van der Waals surface area contributed by atoms with Crippen LogP contribution in [0.25, 0.3) is 0 Å². The lowest BCUT2D eigenvalue weighted by Gasteiger charge is -2.16. The zero-order valence-corrected chi connectivity index (χ0v) is 16.4. The lowest BCUT2D eigenvalue weighted by molar-refractivity contribution is -0.135. The zero-order chi connectivity index (χ0) is 22.0. The standard InChI is InChI=1S/C16H15F4N3O4S2/c1-23(7-6-16(18,19)20)29(26,27)12-8-10(13(21)24)15(28-12)22-14(25)9-4-2-3-5-11(9)17/h2-5,8H,6-7H2,1H3,(H2,21,24)(H,22,25). The summed E-state index contributed by atoms with van der Waals surface area (Å²) in [5.41, 5.74) is 4.46. The van der Waals surface area contributed by atoms with Gasteiger partial charge in [0.2, 0.25) is 0 Å². The van der Waals surface area contributed by atoms with Crippen molar-refractivity contribution in [1.29, 1.82) is 0 Å². The van der Waals surface area contributed by atoms with Gasteiger partial charge in [0.1, 0.15) is 15.0 Å². The van der Waals surface area contributed by atoms with Crippen LogP contribution in [0.3, 0.4) is 0 Å². The van der Waals surface area contributed by atoms with Crippen LogP contribution in [0.5, 0.6) is 0 Å². The molecule has 13 heteroatoms. The van der Waals surface area contributed by atoms with Crippen LogP contribution in [0, 0.1) is 5.82 Å². The van der Waals surface area contributed by atoms with Crippen molar-refractivity contribution >= 4 is 38.2 Å². The molecule has 1 aromatic carbocycles. The molecular formula is C16H15F4N3O4S2. The molecule has 0 aliphatic heterocycles. The maximum absolute atomic E-state index is 13.7. The summed E-state index contributed by atoms with van der Waals surface area (Å²) in [7, 11) is -3.44. The molecule has 7 nitrogen and oxygen atoms in total. The molecule has 2 rings (SSSR count). The Labute approximate surface area is 167 Å². The number of alkyl halides is 3. The first kappa shape index (κ1) is 22.8. The summed E-state index contributed by atoms with van der Waals surface area (Å²) < 4.78 is 75.8. The lowest BCUT2D eigenvalue weighted by atomic mass is 10.2. The fourth-order valence-electron chi connectivity index (χ4n) is 2.15. The topological polar surface area (TPSA) is 110 Å². The summed E-state index contributed by atoms with van der Waals surface area (Å²) in [4.78, 5) is 23.9. The van der Waals surface area contributed by atoms with Crippen LogP contribution < -0.4 is 11.1 Å². The van der Waals surface area contributed by atoms with Gasteiger partial charge < -0.3 is 11.1 Å². The van der Waals surface area contributed by atoms with Gasteiger partial charge in [-0.15, -0.1) is 11.3 Å². The average molecular weight is 453 g/mol. The summed E-state index contributed by atoms with van der Waals surface area (Å²) in [5.74, 6) is -2.88. The Hall–Kier alpha value is -2.51. The van der Waals surface area contributed by atoms with Crippen LogP contribution in [0.4, 0.5) is 22.6 Å². The Kier molecular flexibility index (Phi) is 6.65. The number of primary amides is 1. The van der Waals surface area contributed by atoms with Crippen molar-refractivity contribution < 1.29 is 35.6 Å². The first-order valence-corrected chi connectivity index (χ1v) is 10.1. The maximum atomic E-state index is 13.7. The number of rotatable bonds is 7. The number of hydrogen-bond acceptors (Lipinski definition) is 5. The molecule has 0 saturated carbocycles. The highest BCUT2D eigenvalue weighted by Gasteiger charge is 2.32. The number of benzene rings is 1. The minimum Gasteiger partial charge on any atom is -0.366 e. The van der Waals surface area contributed by atoms with Crippen molar-refractivity contribution in [2.24, 2.45) is 5.73 Å². The van der Waals surface area contributed by atoms with E-state index < -0.39 is 51.0 Å². The molecule has 1 heterocycles. The number of anilines is 1. The van der Waals surface area contributed by atoms with Crippen molar-refractivity contribution in [1.82, 2.24) is 4.31 Å². The molecule has 1 aromatic heterocycles. The van der Waals surface area contributed by atoms with Crippen molar-refractivity contribution in [3.05, 3.63) is 47.3 Å². The molecule has 0 aliphatic carbocycles. The van der Waals surface area contributed by atoms with Gasteiger partial charge in [-0.25, -0.2) is 12.8 Å². The van der Waals surface area contributed by atoms with Crippen LogP contribution in [0.1, 0.15) is 27.1 Å². The van der Waals surface area contributed by atoms with Gasteiger partial charge in [0.05, 0.1) is 17.5 Å². The summed E-state index contributed by atoms with van der Waals surface area (Å²) in [6, 6.07) is 5.80. The number of thiophene rings is 1. The van der Waals surface area contributed by atoms with Gasteiger partial charge in [0, 0.05) is 13.6 Å². The monoisotopic (exact) mass is 453 g/mol. The third kappa shape index (κ3) is 5.52. The SMILES string of the molecule is CN(CCC(F)(F)F)S(=O)(=O)c1cc(C(N)=O)c(NC(=O)c2ccccc2F)s1. The molecule has 0 fully saturated rings. The predicted molar refractivity (Wildman–Crippen MR) is 97.7 cm³/mol. The van der Waals surface area contributed by atoms with Gasteiger partial charge in [-0.1, -0.05) is 12.1 Å². The van der Waals surface area contributed by atoms with Crippen molar-refractivity contribution in [3.8, 4) is 0 Å². The zero-order valence-electron chi connectivity index (χ0n) is 14.8. The van der Waals surface area contributed by atoms with E-state index in [-0.39, 0.29) is 16.1 Å². The fraction of sp³-hybridized carbons (Fsp3) is 0.250. The number of sulfonamides is 1. The predicted octanol–water partition coefficient (Wildman–Crippen LogP) is 2.81. The van der Waals surface area contributed by atoms with Crippen molar-refractivity contribution in [2.45, 2.75) is 16.8 Å². The van der Waals surface area contributed by atoms with Gasteiger partial charge >= 0.3 is 6.18 Å². The van der Waals surface area contributed by atoms with Gasteiger partial charge in [-0.3, -0.25) is 9.59 Å². The minimum atomic E-state index is -4.56. The minimum absolute atomic E-state index is 0.270. The summed E-state index contributed by atoms with van der Waals surface area (Å²) in [5, 5.41) is 1.94. The van der Waals surface area contributed by atoms with Gasteiger partial charge in [-0.05, 0) is 18.2 Å². The van der Waals surface area contributed by atoms with E-state index in [2.05, 4.69) is 5.32 Å². The second-order valence-corrected chi connectivity index (χ2v) is 9.12. The lowest BCUT2D eigenvalue weighted by Crippen LogP contribution is -2.30. The van der Waals surface area contributed by atoms with E-state index in [4.69, 9.17) is 5.73 Å². The number of nitrogens with one attached hydrogen (secondary N) is 1. The van der Waals surface area contributed by atoms with Crippen LogP contribution >= 0.6 is 11.3 Å². The number of halogens is 4. The van der Waals surface area contributed by atoms with E-state index in [0.717, 1.165) is 19.2 Å². The summed E-state index contributed by atoms with van der Waals surface area (Å²) in [6.45, 7) is -0.841. The molecule has 0 radical (unpaired) electrons. The van der Waals surface area contributed by atoms with Gasteiger partial charge in [0.15, 0.2) is 0 Å². The molecular weight excluding hydrogens is 438 g/mol. The van der Waals surface area contributed by atoms with E-state index in [1.165, 1.54) is 18.2 Å². The molecule has 0 aliphatic rings. The first-order valence-electron chi connectivity index (χ1n) is 7.85. The summed E-state index contributed by atoms with van der Waals surface area (Å²) >= 11 is 0.419. The average Bonchev–Trinajstić information content (AvgIpc) is 3.04. The van der Waals surface area contributed by atoms with Gasteiger partial charge in [-0.2, -0.15) is 17.5 Å². The highest BCUT2D eigenvalue weighted by atomic mass is 32.2. The fourth-order valence-corrected chi connectivity index (χ4v) is 4.89. The Morgan fingerprint density at radius 2 is 1.83 bits per heavy atom. The van der Waals surface area contributed by atoms with E-state index in [0.29, 0.717) is 15.6 Å². The second-order valence-electron chi connectivity index (χ2n) is 5.80. The molecule has 3 N–H and O–H groups in total. The Balaban J connectivity index is 2.33. The molecule has 158 valence electrons. The van der Waals surface area contributed by atoms with E-state index >= 15 is 0 Å². The smallest absolute Gasteiger partial charge is 0.366 e. The molecule has 0 spiro atoms. The highest BCUT2D eigenvalue weighted by Crippen LogP contribution is 2.33. The Morgan fingerprint density at radius 3 is 2.38 bits per heavy atom. The third-order valence-electron chi connectivity index (χ3n) is 3.70.